The fraction of sp³-hybridized carbons (Fsp3) is 0.647. The first-order valence-electron chi connectivity index (χ1n) is 8.54. The van der Waals surface area contributed by atoms with Crippen molar-refractivity contribution in [3.63, 3.8) is 0 Å². The first-order valence-corrected chi connectivity index (χ1v) is 9.49. The van der Waals surface area contributed by atoms with Gasteiger partial charge < -0.3 is 19.9 Å². The molecule has 1 N–H and O–H groups in total. The zero-order valence-corrected chi connectivity index (χ0v) is 14.9. The maximum absolute atomic E-state index is 12.7. The molecule has 1 aliphatic carbocycles. The highest BCUT2D eigenvalue weighted by Crippen LogP contribution is 2.25. The third-order valence-electron chi connectivity index (χ3n) is 4.79. The van der Waals surface area contributed by atoms with Gasteiger partial charge in [-0.3, -0.25) is 4.79 Å². The third-order valence-corrected chi connectivity index (χ3v) is 5.52. The predicted octanol–water partition coefficient (Wildman–Crippen LogP) is 2.06. The average Bonchev–Trinajstić information content (AvgIpc) is 3.26. The number of thiophene rings is 1. The highest BCUT2D eigenvalue weighted by atomic mass is 32.1. The van der Waals surface area contributed by atoms with E-state index in [1.54, 1.807) is 23.3 Å². The molecule has 0 aromatic carbocycles. The van der Waals surface area contributed by atoms with E-state index in [0.717, 1.165) is 12.8 Å². The van der Waals surface area contributed by atoms with Crippen LogP contribution < -0.4 is 5.32 Å². The lowest BCUT2D eigenvalue weighted by molar-refractivity contribution is -0.146. The summed E-state index contributed by atoms with van der Waals surface area (Å²) >= 11 is 1.66. The largest absolute Gasteiger partial charge is 0.365 e. The van der Waals surface area contributed by atoms with E-state index in [4.69, 9.17) is 4.74 Å². The van der Waals surface area contributed by atoms with Gasteiger partial charge in [-0.05, 0) is 35.2 Å². The molecule has 1 aromatic heterocycles. The molecule has 0 spiro atoms. The van der Waals surface area contributed by atoms with Crippen LogP contribution in [0.5, 0.6) is 0 Å². The topological polar surface area (TPSA) is 61.9 Å². The minimum Gasteiger partial charge on any atom is -0.365 e. The number of carbonyl (C=O) groups excluding carboxylic acids is 2. The molecule has 1 aromatic rings. The van der Waals surface area contributed by atoms with Crippen LogP contribution >= 0.6 is 11.3 Å². The van der Waals surface area contributed by atoms with Crippen LogP contribution in [-0.2, 0) is 16.1 Å². The number of hydrogen-bond donors (Lipinski definition) is 1. The van der Waals surface area contributed by atoms with Crippen LogP contribution in [-0.4, -0.2) is 60.6 Å². The molecule has 2 heterocycles. The lowest BCUT2D eigenvalue weighted by Crippen LogP contribution is -2.51. The van der Waals surface area contributed by atoms with Gasteiger partial charge in [0.1, 0.15) is 6.61 Å². The van der Waals surface area contributed by atoms with Crippen molar-refractivity contribution in [2.24, 2.45) is 0 Å². The number of carbonyl (C=O) groups is 2. The minimum absolute atomic E-state index is 0.0115. The quantitative estimate of drug-likeness (QED) is 0.883. The van der Waals surface area contributed by atoms with Crippen LogP contribution in [0.4, 0.5) is 4.79 Å². The van der Waals surface area contributed by atoms with Crippen LogP contribution in [0.25, 0.3) is 0 Å². The Balaban J connectivity index is 1.55. The Morgan fingerprint density at radius 2 is 2.25 bits per heavy atom. The fourth-order valence-corrected chi connectivity index (χ4v) is 4.01. The molecule has 1 saturated carbocycles. The van der Waals surface area contributed by atoms with E-state index in [9.17, 15) is 9.59 Å². The van der Waals surface area contributed by atoms with Crippen LogP contribution in [0.1, 0.15) is 31.2 Å². The van der Waals surface area contributed by atoms with Gasteiger partial charge in [0.15, 0.2) is 0 Å². The van der Waals surface area contributed by atoms with Crippen LogP contribution in [0, 0.1) is 0 Å². The van der Waals surface area contributed by atoms with E-state index in [2.05, 4.69) is 16.8 Å². The molecule has 1 atom stereocenters. The standard InChI is InChI=1S/C17H25N3O3S/c1-19-10-15(23-11-16(19)21)8-18-17(22)20(14-4-2-3-5-14)9-13-6-7-24-12-13/h6-7,12,14-15H,2-5,8-11H2,1H3,(H,18,22)/t15-/m0/s1. The highest BCUT2D eigenvalue weighted by molar-refractivity contribution is 7.07. The van der Waals surface area contributed by atoms with Gasteiger partial charge >= 0.3 is 6.03 Å². The second kappa shape index (κ2) is 7.98. The number of ether oxygens (including phenoxy) is 1. The van der Waals surface area contributed by atoms with Gasteiger partial charge in [-0.15, -0.1) is 0 Å². The Hall–Kier alpha value is -1.60. The molecule has 3 amide bonds. The van der Waals surface area contributed by atoms with Crippen molar-refractivity contribution in [1.29, 1.82) is 0 Å². The average molecular weight is 351 g/mol. The summed E-state index contributed by atoms with van der Waals surface area (Å²) < 4.78 is 5.50. The summed E-state index contributed by atoms with van der Waals surface area (Å²) in [6.07, 6.45) is 4.40. The van der Waals surface area contributed by atoms with Gasteiger partial charge in [0.25, 0.3) is 0 Å². The molecule has 1 saturated heterocycles. The molecule has 24 heavy (non-hydrogen) atoms. The summed E-state index contributed by atoms with van der Waals surface area (Å²) in [7, 11) is 1.76. The zero-order valence-electron chi connectivity index (χ0n) is 14.1. The van der Waals surface area contributed by atoms with Gasteiger partial charge in [0.2, 0.25) is 5.91 Å². The molecule has 0 radical (unpaired) electrons. The van der Waals surface area contributed by atoms with E-state index >= 15 is 0 Å². The van der Waals surface area contributed by atoms with Gasteiger partial charge in [-0.2, -0.15) is 11.3 Å². The van der Waals surface area contributed by atoms with E-state index in [0.29, 0.717) is 25.7 Å². The minimum atomic E-state index is -0.136. The van der Waals surface area contributed by atoms with E-state index in [1.807, 2.05) is 10.3 Å². The second-order valence-corrected chi connectivity index (χ2v) is 7.37. The van der Waals surface area contributed by atoms with Gasteiger partial charge in [-0.25, -0.2) is 4.79 Å². The van der Waals surface area contributed by atoms with Crippen molar-refractivity contribution >= 4 is 23.3 Å². The molecule has 3 rings (SSSR count). The number of likely N-dealkylation sites (N-methyl/N-ethyl adjacent to an activating group) is 1. The number of rotatable bonds is 5. The van der Waals surface area contributed by atoms with Crippen molar-refractivity contribution in [2.45, 2.75) is 44.4 Å². The summed E-state index contributed by atoms with van der Waals surface area (Å²) in [6.45, 7) is 1.71. The lowest BCUT2D eigenvalue weighted by Gasteiger charge is -2.32. The van der Waals surface area contributed by atoms with E-state index in [1.165, 1.54) is 18.4 Å². The predicted molar refractivity (Wildman–Crippen MR) is 92.9 cm³/mol. The van der Waals surface area contributed by atoms with Gasteiger partial charge in [-0.1, -0.05) is 12.8 Å². The molecule has 2 aliphatic rings. The van der Waals surface area contributed by atoms with Crippen molar-refractivity contribution in [1.82, 2.24) is 15.1 Å². The van der Waals surface area contributed by atoms with Crippen molar-refractivity contribution < 1.29 is 14.3 Å². The molecule has 0 bridgehead atoms. The Kier molecular flexibility index (Phi) is 5.73. The lowest BCUT2D eigenvalue weighted by atomic mass is 10.2. The summed E-state index contributed by atoms with van der Waals surface area (Å²) in [6, 6.07) is 2.36. The molecule has 132 valence electrons. The Morgan fingerprint density at radius 1 is 1.46 bits per heavy atom. The zero-order chi connectivity index (χ0) is 16.9. The Bertz CT molecular complexity index is 557. The van der Waals surface area contributed by atoms with E-state index < -0.39 is 0 Å². The highest BCUT2D eigenvalue weighted by Gasteiger charge is 2.28. The molecule has 0 unspecified atom stereocenters. The normalized spacial score (nSPS) is 22.0. The molecule has 7 heteroatoms. The molecular weight excluding hydrogens is 326 g/mol. The van der Waals surface area contributed by atoms with E-state index in [-0.39, 0.29) is 24.6 Å². The summed E-state index contributed by atoms with van der Waals surface area (Å²) in [4.78, 5) is 27.8. The van der Waals surface area contributed by atoms with Crippen molar-refractivity contribution in [3.8, 4) is 0 Å². The first-order chi connectivity index (χ1) is 11.6. The number of amides is 3. The third kappa shape index (κ3) is 4.27. The maximum Gasteiger partial charge on any atom is 0.318 e. The summed E-state index contributed by atoms with van der Waals surface area (Å²) in [5.41, 5.74) is 1.18. The van der Waals surface area contributed by atoms with Gasteiger partial charge in [0.05, 0.1) is 6.10 Å². The smallest absolute Gasteiger partial charge is 0.318 e. The van der Waals surface area contributed by atoms with Crippen molar-refractivity contribution in [3.05, 3.63) is 22.4 Å². The van der Waals surface area contributed by atoms with Crippen LogP contribution in [0.15, 0.2) is 16.8 Å². The number of urea groups is 1. The molecule has 2 fully saturated rings. The summed E-state index contributed by atoms with van der Waals surface area (Å²) in [5.74, 6) is -0.0115. The van der Waals surface area contributed by atoms with Crippen LogP contribution in [0.3, 0.4) is 0 Å². The molecule has 1 aliphatic heterocycles. The number of nitrogens with one attached hydrogen (secondary N) is 1. The number of morpholine rings is 1. The maximum atomic E-state index is 12.7. The van der Waals surface area contributed by atoms with Crippen molar-refractivity contribution in [2.75, 3.05) is 26.7 Å². The first kappa shape index (κ1) is 17.2. The second-order valence-electron chi connectivity index (χ2n) is 6.59. The Morgan fingerprint density at radius 3 is 2.92 bits per heavy atom. The Labute approximate surface area is 146 Å². The SMILES string of the molecule is CN1C[C@H](CNC(=O)N(Cc2ccsc2)C2CCCC2)OCC1=O. The number of nitrogens with zero attached hydrogens (tertiary/aromatic N) is 2. The molecular formula is C17H25N3O3S. The fourth-order valence-electron chi connectivity index (χ4n) is 3.35. The summed E-state index contributed by atoms with van der Waals surface area (Å²) in [5, 5.41) is 7.15. The molecule has 6 nitrogen and oxygen atoms in total. The van der Waals surface area contributed by atoms with Crippen LogP contribution in [0.2, 0.25) is 0 Å². The number of hydrogen-bond acceptors (Lipinski definition) is 4. The monoisotopic (exact) mass is 351 g/mol. The van der Waals surface area contributed by atoms with Gasteiger partial charge in [0, 0.05) is 32.7 Å².